The number of rotatable bonds is 0. The zero-order valence-electron chi connectivity index (χ0n) is 4.22. The van der Waals surface area contributed by atoms with Crippen molar-refractivity contribution in [2.24, 2.45) is 0 Å². The second kappa shape index (κ2) is 1.69. The van der Waals surface area contributed by atoms with Crippen LogP contribution in [0, 0.1) is 0 Å². The summed E-state index contributed by atoms with van der Waals surface area (Å²) in [6.45, 7) is 0. The van der Waals surface area contributed by atoms with Crippen molar-refractivity contribution in [2.45, 2.75) is 7.43 Å². The topological polar surface area (TPSA) is 17.1 Å². The van der Waals surface area contributed by atoms with Gasteiger partial charge in [-0.15, -0.1) is 0 Å². The van der Waals surface area contributed by atoms with Crippen LogP contribution >= 0.6 is 0 Å². The minimum Gasteiger partial charge on any atom is -0.289 e. The lowest BCUT2D eigenvalue weighted by Gasteiger charge is -1.66. The van der Waals surface area contributed by atoms with Gasteiger partial charge in [0.05, 0.1) is 0 Å². The molecule has 1 heteroatoms. The zero-order valence-corrected chi connectivity index (χ0v) is 4.22. The molecule has 2 aromatic carbocycles. The Morgan fingerprint density at radius 2 is 1.44 bits per heavy atom. The van der Waals surface area contributed by atoms with Crippen LogP contribution in [0.1, 0.15) is 7.43 Å². The monoisotopic (exact) mass is 120 g/mol. The van der Waals surface area contributed by atoms with E-state index in [1.807, 2.05) is 24.3 Å². The van der Waals surface area contributed by atoms with Crippen molar-refractivity contribution in [1.82, 2.24) is 0 Å². The molecule has 0 aliphatic heterocycles. The number of benzene rings is 1. The van der Waals surface area contributed by atoms with E-state index in [0.29, 0.717) is 0 Å². The average Bonchev–Trinajstić information content (AvgIpc) is 2.46. The molecule has 0 atom stereocenters. The van der Waals surface area contributed by atoms with Crippen LogP contribution in [0.5, 0.6) is 0 Å². The summed E-state index contributed by atoms with van der Waals surface area (Å²) in [5, 5.41) is 1.79. The molecule has 0 heterocycles. The van der Waals surface area contributed by atoms with Crippen LogP contribution in [0.25, 0.3) is 10.8 Å². The Labute approximate surface area is 53.6 Å². The molecule has 0 fully saturated rings. The van der Waals surface area contributed by atoms with Crippen molar-refractivity contribution < 1.29 is 0 Å². The highest BCUT2D eigenvalue weighted by atomic mass is 16.1. The normalized spacial score (nSPS) is 9.78. The van der Waals surface area contributed by atoms with Crippen molar-refractivity contribution in [3.05, 3.63) is 34.5 Å². The standard InChI is InChI=1S/C7H4O.CH4/c8-7-5-3-1-2-4-6(5)7;/h1-4H;1H4. The van der Waals surface area contributed by atoms with Crippen LogP contribution in [-0.2, 0) is 0 Å². The van der Waals surface area contributed by atoms with Crippen molar-refractivity contribution in [3.63, 3.8) is 0 Å². The minimum absolute atomic E-state index is 0. The van der Waals surface area contributed by atoms with Crippen LogP contribution in [-0.4, -0.2) is 0 Å². The number of fused-ring (bicyclic) bond motifs is 1. The van der Waals surface area contributed by atoms with Crippen molar-refractivity contribution in [2.75, 3.05) is 0 Å². The van der Waals surface area contributed by atoms with Crippen molar-refractivity contribution >= 4 is 10.8 Å². The highest BCUT2D eigenvalue weighted by Crippen LogP contribution is 2.11. The maximum Gasteiger partial charge on any atom is 0.194 e. The summed E-state index contributed by atoms with van der Waals surface area (Å²) >= 11 is 0. The van der Waals surface area contributed by atoms with Crippen LogP contribution < -0.4 is 5.43 Å². The lowest BCUT2D eigenvalue weighted by molar-refractivity contribution is 1.90. The molecule has 0 radical (unpaired) electrons. The summed E-state index contributed by atoms with van der Waals surface area (Å²) in [5.41, 5.74) is 0.218. The molecule has 0 aliphatic carbocycles. The third kappa shape index (κ3) is 0.653. The van der Waals surface area contributed by atoms with Gasteiger partial charge in [0, 0.05) is 10.8 Å². The quantitative estimate of drug-likeness (QED) is 0.517. The summed E-state index contributed by atoms with van der Waals surface area (Å²) < 4.78 is 0. The zero-order chi connectivity index (χ0) is 5.56. The van der Waals surface area contributed by atoms with Gasteiger partial charge in [-0.25, -0.2) is 0 Å². The van der Waals surface area contributed by atoms with Gasteiger partial charge >= 0.3 is 0 Å². The molecule has 2 aromatic rings. The Morgan fingerprint density at radius 1 is 1.00 bits per heavy atom. The van der Waals surface area contributed by atoms with E-state index in [2.05, 4.69) is 0 Å². The first-order chi connectivity index (χ1) is 3.89. The lowest BCUT2D eigenvalue weighted by Crippen LogP contribution is -1.66. The van der Waals surface area contributed by atoms with Gasteiger partial charge in [0.15, 0.2) is 5.43 Å². The molecule has 0 unspecified atom stereocenters. The Hall–Kier alpha value is -1.11. The first-order valence-electron chi connectivity index (χ1n) is 2.53. The van der Waals surface area contributed by atoms with E-state index in [1.54, 1.807) is 0 Å². The number of hydrogen-bond acceptors (Lipinski definition) is 1. The van der Waals surface area contributed by atoms with Gasteiger partial charge in [0.2, 0.25) is 0 Å². The number of hydrogen-bond donors (Lipinski definition) is 0. The highest BCUT2D eigenvalue weighted by molar-refractivity contribution is 5.96. The smallest absolute Gasteiger partial charge is 0.194 e. The van der Waals surface area contributed by atoms with Gasteiger partial charge < -0.3 is 0 Å². The second-order valence-electron chi connectivity index (χ2n) is 1.87. The maximum atomic E-state index is 10.5. The lowest BCUT2D eigenvalue weighted by atomic mass is 10.4. The molecule has 2 rings (SSSR count). The second-order valence-corrected chi connectivity index (χ2v) is 1.87. The Bertz CT molecular complexity index is 295. The third-order valence-electron chi connectivity index (χ3n) is 1.35. The summed E-state index contributed by atoms with van der Waals surface area (Å²) in [5.74, 6) is 0. The summed E-state index contributed by atoms with van der Waals surface area (Å²) in [6.07, 6.45) is 0. The Morgan fingerprint density at radius 3 is 1.78 bits per heavy atom. The summed E-state index contributed by atoms with van der Waals surface area (Å²) in [4.78, 5) is 10.5. The molecular formula is C8H8O. The molecule has 0 bridgehead atoms. The Kier molecular flexibility index (Phi) is 1.13. The molecule has 0 saturated carbocycles. The molecule has 0 N–H and O–H groups in total. The molecule has 0 aromatic heterocycles. The van der Waals surface area contributed by atoms with E-state index in [4.69, 9.17) is 0 Å². The van der Waals surface area contributed by atoms with Gasteiger partial charge in [-0.05, 0) is 0 Å². The van der Waals surface area contributed by atoms with Crippen LogP contribution in [0.2, 0.25) is 0 Å². The van der Waals surface area contributed by atoms with Crippen LogP contribution in [0.15, 0.2) is 29.1 Å². The fraction of sp³-hybridized carbons (Fsp3) is 0.125. The SMILES string of the molecule is C.O=c1c2ccccc12. The molecule has 9 heavy (non-hydrogen) atoms. The van der Waals surface area contributed by atoms with E-state index >= 15 is 0 Å². The van der Waals surface area contributed by atoms with Gasteiger partial charge in [-0.3, -0.25) is 4.79 Å². The first kappa shape index (κ1) is 6.02. The Balaban J connectivity index is 0.000000405. The van der Waals surface area contributed by atoms with Gasteiger partial charge in [-0.1, -0.05) is 31.7 Å². The highest BCUT2D eigenvalue weighted by Gasteiger charge is 2.07. The molecular weight excluding hydrogens is 112 g/mol. The first-order valence-corrected chi connectivity index (χ1v) is 2.53. The van der Waals surface area contributed by atoms with Crippen LogP contribution in [0.3, 0.4) is 0 Å². The van der Waals surface area contributed by atoms with E-state index in [-0.39, 0.29) is 12.9 Å². The fourth-order valence-electron chi connectivity index (χ4n) is 0.833. The summed E-state index contributed by atoms with van der Waals surface area (Å²) in [6, 6.07) is 7.45. The minimum atomic E-state index is 0. The molecule has 0 aliphatic rings. The molecule has 0 spiro atoms. The van der Waals surface area contributed by atoms with E-state index in [0.717, 1.165) is 10.8 Å². The maximum absolute atomic E-state index is 10.5. The van der Waals surface area contributed by atoms with Gasteiger partial charge in [0.25, 0.3) is 0 Å². The largest absolute Gasteiger partial charge is 0.289 e. The van der Waals surface area contributed by atoms with E-state index < -0.39 is 0 Å². The predicted octanol–water partition coefficient (Wildman–Crippen LogP) is 1.71. The average molecular weight is 120 g/mol. The summed E-state index contributed by atoms with van der Waals surface area (Å²) in [7, 11) is 0. The van der Waals surface area contributed by atoms with E-state index in [1.165, 1.54) is 0 Å². The third-order valence-corrected chi connectivity index (χ3v) is 1.35. The van der Waals surface area contributed by atoms with Crippen LogP contribution in [0.4, 0.5) is 0 Å². The fourth-order valence-corrected chi connectivity index (χ4v) is 0.833. The predicted molar refractivity (Wildman–Crippen MR) is 39.3 cm³/mol. The molecule has 46 valence electrons. The molecule has 0 amide bonds. The molecule has 0 saturated heterocycles. The van der Waals surface area contributed by atoms with Crippen molar-refractivity contribution in [1.29, 1.82) is 0 Å². The van der Waals surface area contributed by atoms with E-state index in [9.17, 15) is 4.79 Å². The van der Waals surface area contributed by atoms with Gasteiger partial charge in [-0.2, -0.15) is 0 Å². The van der Waals surface area contributed by atoms with Crippen molar-refractivity contribution in [3.8, 4) is 0 Å². The molecule has 1 nitrogen and oxygen atoms in total. The van der Waals surface area contributed by atoms with Gasteiger partial charge in [0.1, 0.15) is 0 Å².